The van der Waals surface area contributed by atoms with Gasteiger partial charge in [0, 0.05) is 11.6 Å². The third-order valence-corrected chi connectivity index (χ3v) is 4.39. The fraction of sp³-hybridized carbons (Fsp3) is 0.529. The van der Waals surface area contributed by atoms with E-state index in [2.05, 4.69) is 10.2 Å². The van der Waals surface area contributed by atoms with Gasteiger partial charge in [-0.3, -0.25) is 14.5 Å². The molecular weight excluding hydrogens is 332 g/mol. The van der Waals surface area contributed by atoms with Gasteiger partial charge in [-0.05, 0) is 55.5 Å². The molecular formula is C17H23ClN2O4. The maximum Gasteiger partial charge on any atom is 0.322 e. The molecule has 1 amide bonds. The lowest BCUT2D eigenvalue weighted by atomic mass is 9.91. The number of rotatable bonds is 7. The number of carboxylic acids is 1. The molecule has 132 valence electrons. The lowest BCUT2D eigenvalue weighted by Crippen LogP contribution is -2.43. The highest BCUT2D eigenvalue weighted by Crippen LogP contribution is 2.28. The van der Waals surface area contributed by atoms with Gasteiger partial charge in [0.15, 0.2) is 0 Å². The number of amides is 1. The van der Waals surface area contributed by atoms with E-state index < -0.39 is 5.97 Å². The molecule has 0 saturated carbocycles. The minimum atomic E-state index is -1.03. The van der Waals surface area contributed by atoms with E-state index in [0.29, 0.717) is 10.9 Å². The Balaban J connectivity index is 1.90. The Kier molecular flexibility index (Phi) is 6.87. The van der Waals surface area contributed by atoms with Gasteiger partial charge in [-0.2, -0.15) is 0 Å². The molecule has 2 N–H and O–H groups in total. The van der Waals surface area contributed by atoms with Gasteiger partial charge >= 0.3 is 5.97 Å². The summed E-state index contributed by atoms with van der Waals surface area (Å²) in [5.74, 6) is -0.0413. The smallest absolute Gasteiger partial charge is 0.322 e. The first-order valence-corrected chi connectivity index (χ1v) is 8.39. The summed E-state index contributed by atoms with van der Waals surface area (Å²) < 4.78 is 5.40. The molecule has 1 unspecified atom stereocenters. The Bertz CT molecular complexity index is 594. The fourth-order valence-electron chi connectivity index (χ4n) is 3.11. The highest BCUT2D eigenvalue weighted by atomic mass is 35.5. The molecule has 6 nitrogen and oxygen atoms in total. The maximum atomic E-state index is 11.8. The average Bonchev–Trinajstić information content (AvgIpc) is 2.53. The van der Waals surface area contributed by atoms with E-state index in [1.165, 1.54) is 0 Å². The van der Waals surface area contributed by atoms with Gasteiger partial charge in [-0.15, -0.1) is 0 Å². The number of hydrogen-bond donors (Lipinski definition) is 2. The third-order valence-electron chi connectivity index (χ3n) is 4.16. The van der Waals surface area contributed by atoms with Crippen LogP contribution < -0.4 is 10.1 Å². The maximum absolute atomic E-state index is 11.8. The zero-order chi connectivity index (χ0) is 17.5. The van der Waals surface area contributed by atoms with Gasteiger partial charge in [-0.25, -0.2) is 0 Å². The molecule has 2 rings (SSSR count). The van der Waals surface area contributed by atoms with Crippen molar-refractivity contribution in [3.05, 3.63) is 28.8 Å². The van der Waals surface area contributed by atoms with E-state index in [9.17, 15) is 9.59 Å². The lowest BCUT2D eigenvalue weighted by Gasteiger charge is -2.32. The highest BCUT2D eigenvalue weighted by Gasteiger charge is 2.23. The Morgan fingerprint density at radius 1 is 1.46 bits per heavy atom. The molecule has 0 aliphatic carbocycles. The van der Waals surface area contributed by atoms with Crippen LogP contribution in [-0.4, -0.2) is 55.2 Å². The Morgan fingerprint density at radius 3 is 2.96 bits per heavy atom. The molecule has 1 aromatic carbocycles. The van der Waals surface area contributed by atoms with Gasteiger partial charge in [0.25, 0.3) is 0 Å². The van der Waals surface area contributed by atoms with E-state index >= 15 is 0 Å². The topological polar surface area (TPSA) is 78.9 Å². The number of carboxylic acid groups (broad SMARTS) is 1. The van der Waals surface area contributed by atoms with Crippen LogP contribution in [0.25, 0.3) is 0 Å². The number of carbonyl (C=O) groups excluding carboxylic acids is 1. The number of aliphatic carboxylic acids is 1. The van der Waals surface area contributed by atoms with Crippen molar-refractivity contribution in [1.82, 2.24) is 10.2 Å². The molecule has 1 aromatic rings. The number of hydrogen-bond acceptors (Lipinski definition) is 4. The molecule has 1 aliphatic heterocycles. The monoisotopic (exact) mass is 354 g/mol. The zero-order valence-corrected chi connectivity index (χ0v) is 14.5. The van der Waals surface area contributed by atoms with Crippen molar-refractivity contribution in [2.45, 2.75) is 19.3 Å². The van der Waals surface area contributed by atoms with E-state index in [1.54, 1.807) is 7.11 Å². The van der Waals surface area contributed by atoms with Gasteiger partial charge in [0.05, 0.1) is 13.7 Å². The Labute approximate surface area is 146 Å². The van der Waals surface area contributed by atoms with Crippen molar-refractivity contribution in [3.8, 4) is 5.75 Å². The van der Waals surface area contributed by atoms with Crippen molar-refractivity contribution in [3.63, 3.8) is 0 Å². The van der Waals surface area contributed by atoms with Crippen LogP contribution in [0.2, 0.25) is 5.02 Å². The predicted octanol–water partition coefficient (Wildman–Crippen LogP) is 1.80. The number of halogens is 1. The molecule has 0 spiro atoms. The third kappa shape index (κ3) is 5.69. The van der Waals surface area contributed by atoms with Crippen molar-refractivity contribution in [2.75, 3.05) is 33.3 Å². The van der Waals surface area contributed by atoms with Gasteiger partial charge in [-0.1, -0.05) is 11.6 Å². The highest BCUT2D eigenvalue weighted by molar-refractivity contribution is 6.30. The Hall–Kier alpha value is -1.79. The van der Waals surface area contributed by atoms with Gasteiger partial charge < -0.3 is 15.2 Å². The first-order valence-electron chi connectivity index (χ1n) is 8.01. The average molecular weight is 355 g/mol. The summed E-state index contributed by atoms with van der Waals surface area (Å²) in [7, 11) is 1.65. The molecule has 0 aromatic heterocycles. The summed E-state index contributed by atoms with van der Waals surface area (Å²) in [6.07, 6.45) is 2.94. The lowest BCUT2D eigenvalue weighted by molar-refractivity contribution is -0.138. The summed E-state index contributed by atoms with van der Waals surface area (Å²) in [4.78, 5) is 24.3. The number of nitrogens with one attached hydrogen (secondary N) is 1. The summed E-state index contributed by atoms with van der Waals surface area (Å²) in [5.41, 5.74) is 1.08. The molecule has 1 atom stereocenters. The van der Waals surface area contributed by atoms with Crippen LogP contribution in [0.4, 0.5) is 0 Å². The SMILES string of the molecule is COc1ccc(Cl)cc1CC1CCCN(CC(=O)NCC(=O)O)C1. The largest absolute Gasteiger partial charge is 0.496 e. The molecule has 0 radical (unpaired) electrons. The van der Waals surface area contributed by atoms with Crippen molar-refractivity contribution in [2.24, 2.45) is 5.92 Å². The number of ether oxygens (including phenoxy) is 1. The molecule has 1 saturated heterocycles. The second-order valence-corrected chi connectivity index (χ2v) is 6.51. The van der Waals surface area contributed by atoms with Crippen LogP contribution in [0.15, 0.2) is 18.2 Å². The van der Waals surface area contributed by atoms with E-state index in [1.807, 2.05) is 18.2 Å². The predicted molar refractivity (Wildman–Crippen MR) is 91.5 cm³/mol. The van der Waals surface area contributed by atoms with Crippen molar-refractivity contribution >= 4 is 23.5 Å². The van der Waals surface area contributed by atoms with Crippen LogP contribution in [0.3, 0.4) is 0 Å². The van der Waals surface area contributed by atoms with Crippen LogP contribution in [0, 0.1) is 5.92 Å². The summed E-state index contributed by atoms with van der Waals surface area (Å²) in [6, 6.07) is 5.61. The fourth-order valence-corrected chi connectivity index (χ4v) is 3.31. The summed E-state index contributed by atoms with van der Waals surface area (Å²) in [6.45, 7) is 1.55. The minimum absolute atomic E-state index is 0.233. The molecule has 0 bridgehead atoms. The first-order chi connectivity index (χ1) is 11.5. The van der Waals surface area contributed by atoms with Crippen molar-refractivity contribution < 1.29 is 19.4 Å². The Morgan fingerprint density at radius 2 is 2.25 bits per heavy atom. The van der Waals surface area contributed by atoms with Crippen LogP contribution in [-0.2, 0) is 16.0 Å². The van der Waals surface area contributed by atoms with E-state index in [-0.39, 0.29) is 19.0 Å². The number of nitrogens with zero attached hydrogens (tertiary/aromatic N) is 1. The first kappa shape index (κ1) is 18.5. The normalized spacial score (nSPS) is 18.2. The summed E-state index contributed by atoms with van der Waals surface area (Å²) in [5, 5.41) is 11.7. The second kappa shape index (κ2) is 8.89. The number of benzene rings is 1. The number of piperidine rings is 1. The molecule has 24 heavy (non-hydrogen) atoms. The minimum Gasteiger partial charge on any atom is -0.496 e. The molecule has 1 heterocycles. The number of likely N-dealkylation sites (tertiary alicyclic amines) is 1. The molecule has 1 fully saturated rings. The van der Waals surface area contributed by atoms with E-state index in [4.69, 9.17) is 21.4 Å². The van der Waals surface area contributed by atoms with Gasteiger partial charge in [0.2, 0.25) is 5.91 Å². The van der Waals surface area contributed by atoms with E-state index in [0.717, 1.165) is 43.7 Å². The molecule has 1 aliphatic rings. The second-order valence-electron chi connectivity index (χ2n) is 6.07. The van der Waals surface area contributed by atoms with Crippen LogP contribution >= 0.6 is 11.6 Å². The van der Waals surface area contributed by atoms with Crippen molar-refractivity contribution in [1.29, 1.82) is 0 Å². The van der Waals surface area contributed by atoms with Crippen LogP contribution in [0.1, 0.15) is 18.4 Å². The molecule has 7 heteroatoms. The van der Waals surface area contributed by atoms with Gasteiger partial charge in [0.1, 0.15) is 12.3 Å². The standard InChI is InChI=1S/C17H23ClN2O4/c1-24-15-5-4-14(18)8-13(15)7-12-3-2-6-20(10-12)11-16(21)19-9-17(22)23/h4-5,8,12H,2-3,6-7,9-11H2,1H3,(H,19,21)(H,22,23). The zero-order valence-electron chi connectivity index (χ0n) is 13.8. The number of carbonyl (C=O) groups is 2. The number of methoxy groups -OCH3 is 1. The summed E-state index contributed by atoms with van der Waals surface area (Å²) >= 11 is 6.08. The quantitative estimate of drug-likeness (QED) is 0.780. The van der Waals surface area contributed by atoms with Crippen LogP contribution in [0.5, 0.6) is 5.75 Å².